The van der Waals surface area contributed by atoms with Gasteiger partial charge in [-0.25, -0.2) is 0 Å². The molecule has 0 spiro atoms. The highest BCUT2D eigenvalue weighted by Gasteiger charge is 2.15. The third-order valence-electron chi connectivity index (χ3n) is 3.87. The van der Waals surface area contributed by atoms with Gasteiger partial charge in [0.1, 0.15) is 23.9 Å². The summed E-state index contributed by atoms with van der Waals surface area (Å²) in [5.41, 5.74) is 0. The zero-order valence-corrected chi connectivity index (χ0v) is 18.1. The van der Waals surface area contributed by atoms with Crippen LogP contribution in [-0.2, 0) is 6.61 Å². The second kappa shape index (κ2) is 9.42. The summed E-state index contributed by atoms with van der Waals surface area (Å²) >= 11 is 13.5. The normalized spacial score (nSPS) is 11.4. The monoisotopic (exact) mass is 462 g/mol. The summed E-state index contributed by atoms with van der Waals surface area (Å²) in [6.45, 7) is 2.25. The Morgan fingerprint density at radius 3 is 2.87 bits per heavy atom. The van der Waals surface area contributed by atoms with E-state index >= 15 is 0 Å². The van der Waals surface area contributed by atoms with Crippen molar-refractivity contribution in [2.24, 2.45) is 5.10 Å². The summed E-state index contributed by atoms with van der Waals surface area (Å²) in [6, 6.07) is 12.3. The van der Waals surface area contributed by atoms with Gasteiger partial charge in [-0.05, 0) is 48.2 Å². The van der Waals surface area contributed by atoms with E-state index in [-0.39, 0.29) is 6.61 Å². The van der Waals surface area contributed by atoms with E-state index in [0.29, 0.717) is 44.1 Å². The molecule has 30 heavy (non-hydrogen) atoms. The van der Waals surface area contributed by atoms with Gasteiger partial charge in [0.25, 0.3) is 0 Å². The van der Waals surface area contributed by atoms with Gasteiger partial charge in [-0.15, -0.1) is 10.2 Å². The molecule has 0 amide bonds. The van der Waals surface area contributed by atoms with Crippen LogP contribution in [0.4, 0.5) is 0 Å². The summed E-state index contributed by atoms with van der Waals surface area (Å²) < 4.78 is 18.5. The highest BCUT2D eigenvalue weighted by Crippen LogP contribution is 2.28. The topological polar surface area (TPSA) is 78.6 Å². The van der Waals surface area contributed by atoms with Crippen LogP contribution < -0.4 is 4.74 Å². The molecule has 0 aliphatic rings. The molecule has 4 aromatic rings. The zero-order chi connectivity index (χ0) is 20.9. The number of nitrogens with zero attached hydrogens (tertiary/aromatic N) is 4. The maximum Gasteiger partial charge on any atom is 0.221 e. The smallest absolute Gasteiger partial charge is 0.221 e. The van der Waals surface area contributed by atoms with Crippen LogP contribution in [-0.4, -0.2) is 26.8 Å². The predicted octanol–water partition coefficient (Wildman–Crippen LogP) is 6.01. The van der Waals surface area contributed by atoms with Crippen LogP contribution >= 0.6 is 35.0 Å². The Morgan fingerprint density at radius 1 is 1.20 bits per heavy atom. The van der Waals surface area contributed by atoms with Crippen molar-refractivity contribution in [2.75, 3.05) is 5.75 Å². The molecule has 0 unspecified atom stereocenters. The van der Waals surface area contributed by atoms with E-state index in [1.165, 1.54) is 11.8 Å². The predicted molar refractivity (Wildman–Crippen MR) is 117 cm³/mol. The summed E-state index contributed by atoms with van der Waals surface area (Å²) in [5, 5.41) is 14.5. The first-order valence-electron chi connectivity index (χ1n) is 8.97. The maximum absolute atomic E-state index is 6.12. The number of ether oxygens (including phenoxy) is 1. The second-order valence-electron chi connectivity index (χ2n) is 5.94. The average Bonchev–Trinajstić information content (AvgIpc) is 3.47. The van der Waals surface area contributed by atoms with Crippen molar-refractivity contribution in [3.05, 3.63) is 70.3 Å². The van der Waals surface area contributed by atoms with E-state index in [4.69, 9.17) is 36.8 Å². The first kappa shape index (κ1) is 20.6. The Balaban J connectivity index is 1.49. The van der Waals surface area contributed by atoms with E-state index in [0.717, 1.165) is 5.75 Å². The fourth-order valence-electron chi connectivity index (χ4n) is 2.55. The zero-order valence-electron chi connectivity index (χ0n) is 15.8. The van der Waals surface area contributed by atoms with E-state index in [1.807, 2.05) is 13.0 Å². The fourth-order valence-corrected chi connectivity index (χ4v) is 3.62. The number of furan rings is 2. The lowest BCUT2D eigenvalue weighted by atomic mass is 10.3. The van der Waals surface area contributed by atoms with Gasteiger partial charge in [-0.2, -0.15) is 9.78 Å². The van der Waals surface area contributed by atoms with Gasteiger partial charge in [0, 0.05) is 5.02 Å². The molecule has 10 heteroatoms. The Hall–Kier alpha value is -2.68. The minimum absolute atomic E-state index is 0.219. The molecule has 3 aromatic heterocycles. The SMILES string of the molecule is CCSc1nnc(-c2ccco2)n1N=Cc1ccc(COc2ccc(Cl)cc2Cl)o1. The van der Waals surface area contributed by atoms with Crippen LogP contribution in [0.5, 0.6) is 5.75 Å². The second-order valence-corrected chi connectivity index (χ2v) is 8.02. The van der Waals surface area contributed by atoms with Crippen LogP contribution in [0.3, 0.4) is 0 Å². The molecule has 0 bridgehead atoms. The van der Waals surface area contributed by atoms with Crippen LogP contribution in [0.15, 0.2) is 67.8 Å². The minimum Gasteiger partial charge on any atom is -0.484 e. The summed E-state index contributed by atoms with van der Waals surface area (Å²) in [5.74, 6) is 3.64. The quantitative estimate of drug-likeness (QED) is 0.235. The van der Waals surface area contributed by atoms with Crippen molar-refractivity contribution in [3.63, 3.8) is 0 Å². The number of rotatable bonds is 8. The third kappa shape index (κ3) is 4.72. The largest absolute Gasteiger partial charge is 0.484 e. The van der Waals surface area contributed by atoms with Gasteiger partial charge in [-0.3, -0.25) is 0 Å². The van der Waals surface area contributed by atoms with Crippen LogP contribution in [0.25, 0.3) is 11.6 Å². The Morgan fingerprint density at radius 2 is 2.10 bits per heavy atom. The van der Waals surface area contributed by atoms with Crippen molar-refractivity contribution < 1.29 is 13.6 Å². The molecule has 3 heterocycles. The van der Waals surface area contributed by atoms with Crippen LogP contribution in [0, 0.1) is 0 Å². The molecule has 0 saturated heterocycles. The number of aromatic nitrogens is 3. The van der Waals surface area contributed by atoms with Crippen molar-refractivity contribution in [3.8, 4) is 17.3 Å². The van der Waals surface area contributed by atoms with E-state index in [9.17, 15) is 0 Å². The first-order chi connectivity index (χ1) is 14.6. The van der Waals surface area contributed by atoms with Crippen LogP contribution in [0.2, 0.25) is 10.0 Å². The third-order valence-corrected chi connectivity index (χ3v) is 5.21. The average molecular weight is 463 g/mol. The fraction of sp³-hybridized carbons (Fsp3) is 0.150. The Kier molecular flexibility index (Phi) is 6.47. The first-order valence-corrected chi connectivity index (χ1v) is 10.7. The van der Waals surface area contributed by atoms with Gasteiger partial charge < -0.3 is 13.6 Å². The molecule has 0 radical (unpaired) electrons. The van der Waals surface area contributed by atoms with Gasteiger partial charge in [0.2, 0.25) is 11.0 Å². The van der Waals surface area contributed by atoms with E-state index < -0.39 is 0 Å². The van der Waals surface area contributed by atoms with Crippen molar-refractivity contribution in [2.45, 2.75) is 18.7 Å². The number of thioether (sulfide) groups is 1. The lowest BCUT2D eigenvalue weighted by molar-refractivity contribution is 0.270. The molecule has 0 aliphatic carbocycles. The molecule has 0 fully saturated rings. The standard InChI is InChI=1S/C20H16Cl2N4O3S/c1-2-30-20-25-24-19(18-4-3-9-27-18)26(20)23-11-14-6-7-15(29-14)12-28-17-8-5-13(21)10-16(17)22/h3-11H,2,12H2,1H3. The molecule has 0 aliphatic heterocycles. The van der Waals surface area contributed by atoms with Gasteiger partial charge in [-0.1, -0.05) is 41.9 Å². The molecule has 0 atom stereocenters. The van der Waals surface area contributed by atoms with E-state index in [2.05, 4.69) is 15.3 Å². The molecule has 0 N–H and O–H groups in total. The molecule has 4 rings (SSSR count). The lowest BCUT2D eigenvalue weighted by Crippen LogP contribution is -1.96. The maximum atomic E-state index is 6.12. The highest BCUT2D eigenvalue weighted by atomic mass is 35.5. The summed E-state index contributed by atoms with van der Waals surface area (Å²) in [7, 11) is 0. The Labute approximate surface area is 186 Å². The van der Waals surface area contributed by atoms with Crippen molar-refractivity contribution in [1.82, 2.24) is 14.9 Å². The minimum atomic E-state index is 0.219. The van der Waals surface area contributed by atoms with Gasteiger partial charge in [0.05, 0.1) is 17.5 Å². The molecular formula is C20H16Cl2N4O3S. The number of benzene rings is 1. The van der Waals surface area contributed by atoms with Gasteiger partial charge in [0.15, 0.2) is 5.76 Å². The van der Waals surface area contributed by atoms with E-state index in [1.54, 1.807) is 53.6 Å². The van der Waals surface area contributed by atoms with Gasteiger partial charge >= 0.3 is 0 Å². The Bertz CT molecular complexity index is 1150. The van der Waals surface area contributed by atoms with Crippen LogP contribution in [0.1, 0.15) is 18.4 Å². The highest BCUT2D eigenvalue weighted by molar-refractivity contribution is 7.99. The number of hydrogen-bond acceptors (Lipinski definition) is 7. The molecule has 1 aromatic carbocycles. The number of hydrogen-bond donors (Lipinski definition) is 0. The molecule has 154 valence electrons. The summed E-state index contributed by atoms with van der Waals surface area (Å²) in [4.78, 5) is 0. The number of halogens is 2. The molecular weight excluding hydrogens is 447 g/mol. The lowest BCUT2D eigenvalue weighted by Gasteiger charge is -2.06. The van der Waals surface area contributed by atoms with Crippen molar-refractivity contribution >= 4 is 41.2 Å². The molecule has 0 saturated carbocycles. The summed E-state index contributed by atoms with van der Waals surface area (Å²) in [6.07, 6.45) is 3.17. The van der Waals surface area contributed by atoms with Crippen molar-refractivity contribution in [1.29, 1.82) is 0 Å². The molecule has 7 nitrogen and oxygen atoms in total.